The molecule has 2 fully saturated rings. The first-order valence-electron chi connectivity index (χ1n) is 14.1. The minimum absolute atomic E-state index is 0.0447. The van der Waals surface area contributed by atoms with E-state index in [1.807, 2.05) is 23.4 Å². The van der Waals surface area contributed by atoms with Crippen LogP contribution >= 0.6 is 0 Å². The van der Waals surface area contributed by atoms with Gasteiger partial charge in [0.1, 0.15) is 0 Å². The number of piperidine rings is 1. The van der Waals surface area contributed by atoms with E-state index in [4.69, 9.17) is 4.74 Å². The second-order valence-electron chi connectivity index (χ2n) is 11.0. The number of aryl methyl sites for hydroxylation is 1. The van der Waals surface area contributed by atoms with E-state index in [2.05, 4.69) is 39.8 Å². The van der Waals surface area contributed by atoms with Crippen LogP contribution in [0.2, 0.25) is 0 Å². The number of likely N-dealkylation sites (N-methyl/N-ethyl adjacent to an activating group) is 1. The third kappa shape index (κ3) is 6.34. The Morgan fingerprint density at radius 2 is 1.79 bits per heavy atom. The summed E-state index contributed by atoms with van der Waals surface area (Å²) < 4.78 is 20.9. The van der Waals surface area contributed by atoms with Gasteiger partial charge in [-0.1, -0.05) is 19.1 Å². The lowest BCUT2D eigenvalue weighted by Crippen LogP contribution is -2.49. The topological polar surface area (TPSA) is 61.8 Å². The number of carbonyl (C=O) groups excluding carboxylic acids is 1. The normalized spacial score (nSPS) is 21.3. The molecule has 0 N–H and O–H groups in total. The van der Waals surface area contributed by atoms with Crippen molar-refractivity contribution in [3.8, 4) is 5.75 Å². The number of hydrogen-bond donors (Lipinski definition) is 0. The zero-order valence-electron chi connectivity index (χ0n) is 22.7. The Labute approximate surface area is 225 Å². The van der Waals surface area contributed by atoms with Crippen molar-refractivity contribution in [1.29, 1.82) is 0 Å². The van der Waals surface area contributed by atoms with Gasteiger partial charge >= 0.3 is 0 Å². The smallest absolute Gasteiger partial charge is 0.226 e. The summed E-state index contributed by atoms with van der Waals surface area (Å²) in [4.78, 5) is 28.4. The van der Waals surface area contributed by atoms with Crippen LogP contribution in [0.25, 0.3) is 5.57 Å². The van der Waals surface area contributed by atoms with Crippen molar-refractivity contribution in [3.63, 3.8) is 0 Å². The van der Waals surface area contributed by atoms with E-state index in [-0.39, 0.29) is 17.6 Å². The summed E-state index contributed by atoms with van der Waals surface area (Å²) >= 11 is 0. The van der Waals surface area contributed by atoms with E-state index in [1.165, 1.54) is 0 Å². The molecule has 204 valence electrons. The lowest BCUT2D eigenvalue weighted by molar-refractivity contribution is -0.137. The molecule has 1 atom stereocenters. The van der Waals surface area contributed by atoms with Gasteiger partial charge in [0.2, 0.25) is 11.9 Å². The maximum atomic E-state index is 14.9. The Morgan fingerprint density at radius 3 is 2.42 bits per heavy atom. The van der Waals surface area contributed by atoms with Gasteiger partial charge in [0.25, 0.3) is 0 Å². The van der Waals surface area contributed by atoms with E-state index in [0.29, 0.717) is 18.3 Å². The molecule has 0 saturated carbocycles. The molecule has 1 amide bonds. The number of hydrogen-bond acceptors (Lipinski definition) is 6. The van der Waals surface area contributed by atoms with E-state index in [1.54, 1.807) is 12.1 Å². The second kappa shape index (κ2) is 12.2. The maximum Gasteiger partial charge on any atom is 0.226 e. The molecular weight excluding hydrogens is 481 g/mol. The summed E-state index contributed by atoms with van der Waals surface area (Å²) in [5.74, 6) is 1.49. The number of rotatable bonds is 7. The quantitative estimate of drug-likeness (QED) is 0.537. The Morgan fingerprint density at radius 1 is 1.05 bits per heavy atom. The van der Waals surface area contributed by atoms with Crippen LogP contribution in [-0.2, 0) is 11.2 Å². The Hall–Kier alpha value is -3.00. The number of carbonyl (C=O) groups is 1. The van der Waals surface area contributed by atoms with Crippen LogP contribution in [0.3, 0.4) is 0 Å². The van der Waals surface area contributed by atoms with Gasteiger partial charge in [0.15, 0.2) is 11.6 Å². The van der Waals surface area contributed by atoms with Crippen LogP contribution in [-0.4, -0.2) is 78.6 Å². The van der Waals surface area contributed by atoms with Crippen LogP contribution < -0.4 is 9.64 Å². The van der Waals surface area contributed by atoms with Gasteiger partial charge in [-0.15, -0.1) is 0 Å². The highest BCUT2D eigenvalue weighted by molar-refractivity contribution is 5.81. The molecule has 2 aromatic rings. The molecule has 0 spiro atoms. The molecule has 38 heavy (non-hydrogen) atoms. The zero-order valence-corrected chi connectivity index (χ0v) is 22.7. The fraction of sp³-hybridized carbons (Fsp3) is 0.567. The first-order chi connectivity index (χ1) is 18.5. The van der Waals surface area contributed by atoms with E-state index >= 15 is 0 Å². The number of anilines is 1. The first-order valence-corrected chi connectivity index (χ1v) is 14.1. The minimum atomic E-state index is -0.319. The van der Waals surface area contributed by atoms with Gasteiger partial charge in [-0.3, -0.25) is 4.79 Å². The monoisotopic (exact) mass is 521 g/mol. The molecule has 0 bridgehead atoms. The maximum absolute atomic E-state index is 14.9. The van der Waals surface area contributed by atoms with Gasteiger partial charge in [0, 0.05) is 57.6 Å². The molecule has 7 nitrogen and oxygen atoms in total. The summed E-state index contributed by atoms with van der Waals surface area (Å²) in [5, 5.41) is 0. The third-order valence-corrected chi connectivity index (χ3v) is 8.35. The van der Waals surface area contributed by atoms with Gasteiger partial charge in [0.05, 0.1) is 6.61 Å². The molecule has 1 aromatic heterocycles. The summed E-state index contributed by atoms with van der Waals surface area (Å²) in [5.41, 5.74) is 3.16. The van der Waals surface area contributed by atoms with Crippen molar-refractivity contribution in [2.75, 3.05) is 57.8 Å². The summed E-state index contributed by atoms with van der Waals surface area (Å²) in [6.07, 6.45) is 11.2. The van der Waals surface area contributed by atoms with E-state index in [9.17, 15) is 9.18 Å². The Balaban J connectivity index is 1.09. The number of ether oxygens (including phenoxy) is 1. The second-order valence-corrected chi connectivity index (χ2v) is 11.0. The number of piperazine rings is 1. The summed E-state index contributed by atoms with van der Waals surface area (Å²) in [6.45, 7) is 7.88. The number of allylic oxidation sites excluding steroid dienone is 2. The third-order valence-electron chi connectivity index (χ3n) is 8.35. The molecule has 3 heterocycles. The molecule has 0 radical (unpaired) electrons. The molecular formula is C30H40FN5O2. The van der Waals surface area contributed by atoms with Gasteiger partial charge < -0.3 is 19.4 Å². The van der Waals surface area contributed by atoms with Crippen molar-refractivity contribution >= 4 is 17.4 Å². The average Bonchev–Trinajstić information content (AvgIpc) is 2.97. The highest BCUT2D eigenvalue weighted by Gasteiger charge is 2.28. The van der Waals surface area contributed by atoms with Crippen LogP contribution in [0, 0.1) is 17.7 Å². The molecule has 1 aliphatic carbocycles. The number of aromatic nitrogens is 2. The van der Waals surface area contributed by atoms with E-state index < -0.39 is 0 Å². The highest BCUT2D eigenvalue weighted by Crippen LogP contribution is 2.33. The van der Waals surface area contributed by atoms with Crippen LogP contribution in [0.1, 0.15) is 50.2 Å². The Kier molecular flexibility index (Phi) is 8.57. The number of amides is 1. The van der Waals surface area contributed by atoms with Gasteiger partial charge in [-0.2, -0.15) is 0 Å². The number of benzene rings is 1. The predicted molar refractivity (Wildman–Crippen MR) is 148 cm³/mol. The first kappa shape index (κ1) is 26.6. The van der Waals surface area contributed by atoms with Gasteiger partial charge in [-0.05, 0) is 80.3 Å². The van der Waals surface area contributed by atoms with Crippen molar-refractivity contribution in [2.45, 2.75) is 45.4 Å². The molecule has 2 aliphatic heterocycles. The highest BCUT2D eigenvalue weighted by atomic mass is 19.1. The SMILES string of the molecule is CCc1cnc(N2CCC(COc3ccc(C4=CCC(C(=O)N5CCN(C)CC5)CC4)cc3F)CC2)nc1. The lowest BCUT2D eigenvalue weighted by Gasteiger charge is -2.35. The van der Waals surface area contributed by atoms with Crippen molar-refractivity contribution in [1.82, 2.24) is 19.8 Å². The molecule has 5 rings (SSSR count). The van der Waals surface area contributed by atoms with Crippen molar-refractivity contribution in [3.05, 3.63) is 53.6 Å². The molecule has 8 heteroatoms. The fourth-order valence-electron chi connectivity index (χ4n) is 5.62. The number of nitrogens with zero attached hydrogens (tertiary/aromatic N) is 5. The molecule has 2 saturated heterocycles. The summed E-state index contributed by atoms with van der Waals surface area (Å²) in [6, 6.07) is 5.29. The largest absolute Gasteiger partial charge is 0.490 e. The average molecular weight is 522 g/mol. The number of halogens is 1. The van der Waals surface area contributed by atoms with Crippen molar-refractivity contribution in [2.24, 2.45) is 11.8 Å². The van der Waals surface area contributed by atoms with Crippen molar-refractivity contribution < 1.29 is 13.9 Å². The Bertz CT molecular complexity index is 1120. The standard InChI is InChI=1S/C30H40FN5O2/c1-3-22-19-32-30(33-20-22)36-12-10-23(11-13-36)21-38-28-9-8-26(18-27(28)31)24-4-6-25(7-5-24)29(37)35-16-14-34(2)15-17-35/h4,8-9,18-20,23,25H,3,5-7,10-17,21H2,1-2H3. The van der Waals surface area contributed by atoms with Gasteiger partial charge in [-0.25, -0.2) is 14.4 Å². The summed E-state index contributed by atoms with van der Waals surface area (Å²) in [7, 11) is 2.10. The van der Waals surface area contributed by atoms with E-state index in [0.717, 1.165) is 100 Å². The lowest BCUT2D eigenvalue weighted by atomic mass is 9.85. The van der Waals surface area contributed by atoms with Crippen LogP contribution in [0.4, 0.5) is 10.3 Å². The zero-order chi connectivity index (χ0) is 26.5. The van der Waals surface area contributed by atoms with Crippen LogP contribution in [0.15, 0.2) is 36.7 Å². The molecule has 1 unspecified atom stereocenters. The van der Waals surface area contributed by atoms with Crippen LogP contribution in [0.5, 0.6) is 5.75 Å². The predicted octanol–water partition coefficient (Wildman–Crippen LogP) is 4.43. The molecule has 1 aromatic carbocycles. The fourth-order valence-corrected chi connectivity index (χ4v) is 5.62. The molecule has 3 aliphatic rings. The minimum Gasteiger partial charge on any atom is -0.490 e.